The van der Waals surface area contributed by atoms with Crippen LogP contribution in [0.4, 0.5) is 0 Å². The van der Waals surface area contributed by atoms with E-state index < -0.39 is 17.9 Å². The topological polar surface area (TPSA) is 105 Å². The number of hydrogen-bond acceptors (Lipinski definition) is 5. The van der Waals surface area contributed by atoms with Crippen molar-refractivity contribution >= 4 is 23.0 Å². The molecule has 1 atom stereocenters. The second-order valence-corrected chi connectivity index (χ2v) is 5.75. The van der Waals surface area contributed by atoms with Gasteiger partial charge in [-0.15, -0.1) is 0 Å². The van der Waals surface area contributed by atoms with Crippen LogP contribution in [-0.2, 0) is 4.79 Å². The lowest BCUT2D eigenvalue weighted by Crippen LogP contribution is -2.41. The van der Waals surface area contributed by atoms with Crippen LogP contribution in [-0.4, -0.2) is 33.2 Å². The van der Waals surface area contributed by atoms with Gasteiger partial charge in [0, 0.05) is 5.69 Å². The number of carboxylic acid groups (broad SMARTS) is 1. The highest BCUT2D eigenvalue weighted by Gasteiger charge is 2.24. The Balaban J connectivity index is 2.36. The summed E-state index contributed by atoms with van der Waals surface area (Å²) in [6, 6.07) is 0.673. The summed E-state index contributed by atoms with van der Waals surface area (Å²) >= 11 is 0. The molecule has 2 N–H and O–H groups in total. The molecule has 2 heterocycles. The van der Waals surface area contributed by atoms with Crippen molar-refractivity contribution in [3.63, 3.8) is 0 Å². The summed E-state index contributed by atoms with van der Waals surface area (Å²) in [4.78, 5) is 28.0. The highest BCUT2D eigenvalue weighted by Crippen LogP contribution is 2.22. The molecule has 0 unspecified atom stereocenters. The first kappa shape index (κ1) is 15.9. The molecule has 2 aromatic heterocycles. The van der Waals surface area contributed by atoms with Gasteiger partial charge in [-0.25, -0.2) is 9.78 Å². The van der Waals surface area contributed by atoms with E-state index in [1.807, 2.05) is 13.8 Å². The monoisotopic (exact) mass is 305 g/mol. The number of pyridine rings is 1. The van der Waals surface area contributed by atoms with Crippen LogP contribution in [0.15, 0.2) is 10.6 Å². The Bertz CT molecular complexity index is 721. The third kappa shape index (κ3) is 3.24. The minimum absolute atomic E-state index is 0.151. The number of fused-ring (bicyclic) bond motifs is 1. The first-order valence-electron chi connectivity index (χ1n) is 7.07. The molecule has 2 rings (SSSR count). The number of amides is 1. The van der Waals surface area contributed by atoms with E-state index in [9.17, 15) is 14.7 Å². The third-order valence-electron chi connectivity index (χ3n) is 3.30. The Morgan fingerprint density at radius 2 is 2.05 bits per heavy atom. The zero-order valence-electron chi connectivity index (χ0n) is 13.0. The van der Waals surface area contributed by atoms with Crippen LogP contribution in [0.3, 0.4) is 0 Å². The van der Waals surface area contributed by atoms with Gasteiger partial charge in [0.25, 0.3) is 11.6 Å². The molecule has 118 valence electrons. The molecule has 0 spiro atoms. The van der Waals surface area contributed by atoms with E-state index in [1.165, 1.54) is 0 Å². The molecular formula is C15H19N3O4. The molecule has 0 aliphatic heterocycles. The predicted molar refractivity (Wildman–Crippen MR) is 79.6 cm³/mol. The lowest BCUT2D eigenvalue weighted by atomic mass is 10.0. The largest absolute Gasteiger partial charge is 0.480 e. The van der Waals surface area contributed by atoms with E-state index in [4.69, 9.17) is 4.52 Å². The van der Waals surface area contributed by atoms with Gasteiger partial charge in [0.15, 0.2) is 0 Å². The normalized spacial score (nSPS) is 12.6. The number of aryl methyl sites for hydroxylation is 2. The Morgan fingerprint density at radius 3 is 2.64 bits per heavy atom. The molecule has 22 heavy (non-hydrogen) atoms. The molecule has 0 bridgehead atoms. The minimum Gasteiger partial charge on any atom is -0.480 e. The van der Waals surface area contributed by atoms with Crippen molar-refractivity contribution in [2.24, 2.45) is 5.92 Å². The number of carbonyl (C=O) groups is 2. The van der Waals surface area contributed by atoms with Crippen LogP contribution in [0.25, 0.3) is 11.1 Å². The summed E-state index contributed by atoms with van der Waals surface area (Å²) in [6.45, 7) is 7.25. The number of nitrogens with zero attached hydrogens (tertiary/aromatic N) is 2. The first-order chi connectivity index (χ1) is 10.3. The maximum Gasteiger partial charge on any atom is 0.326 e. The second-order valence-electron chi connectivity index (χ2n) is 5.75. The molecule has 0 aromatic carbocycles. The number of carboxylic acids is 1. The van der Waals surface area contributed by atoms with Crippen LogP contribution in [0, 0.1) is 19.8 Å². The van der Waals surface area contributed by atoms with Crippen molar-refractivity contribution < 1.29 is 19.2 Å². The van der Waals surface area contributed by atoms with Gasteiger partial charge < -0.3 is 14.9 Å². The van der Waals surface area contributed by atoms with E-state index in [-0.39, 0.29) is 11.6 Å². The van der Waals surface area contributed by atoms with Crippen molar-refractivity contribution in [2.45, 2.75) is 40.2 Å². The smallest absolute Gasteiger partial charge is 0.326 e. The Kier molecular flexibility index (Phi) is 4.44. The summed E-state index contributed by atoms with van der Waals surface area (Å²) < 4.78 is 5.08. The highest BCUT2D eigenvalue weighted by atomic mass is 16.5. The Morgan fingerprint density at radius 1 is 1.36 bits per heavy atom. The number of nitrogens with one attached hydrogen (secondary N) is 1. The van der Waals surface area contributed by atoms with Gasteiger partial charge in [-0.3, -0.25) is 4.79 Å². The van der Waals surface area contributed by atoms with Crippen LogP contribution < -0.4 is 5.32 Å². The minimum atomic E-state index is -1.05. The van der Waals surface area contributed by atoms with Gasteiger partial charge in [0.2, 0.25) is 0 Å². The van der Waals surface area contributed by atoms with Gasteiger partial charge in [-0.1, -0.05) is 19.0 Å². The lowest BCUT2D eigenvalue weighted by Gasteiger charge is -2.16. The van der Waals surface area contributed by atoms with Gasteiger partial charge in [-0.05, 0) is 32.3 Å². The van der Waals surface area contributed by atoms with E-state index in [0.29, 0.717) is 28.8 Å². The fraction of sp³-hybridized carbons (Fsp3) is 0.467. The van der Waals surface area contributed by atoms with Gasteiger partial charge in [0.1, 0.15) is 6.04 Å². The van der Waals surface area contributed by atoms with Crippen molar-refractivity contribution in [2.75, 3.05) is 0 Å². The molecule has 0 aliphatic carbocycles. The molecule has 0 fully saturated rings. The van der Waals surface area contributed by atoms with E-state index in [1.54, 1.807) is 19.9 Å². The second kappa shape index (κ2) is 6.13. The molecule has 0 saturated carbocycles. The van der Waals surface area contributed by atoms with Crippen LogP contribution in [0.5, 0.6) is 0 Å². The first-order valence-corrected chi connectivity index (χ1v) is 7.07. The zero-order valence-corrected chi connectivity index (χ0v) is 13.0. The van der Waals surface area contributed by atoms with E-state index in [2.05, 4.69) is 15.5 Å². The molecule has 1 amide bonds. The number of hydrogen-bond donors (Lipinski definition) is 2. The summed E-state index contributed by atoms with van der Waals surface area (Å²) in [5, 5.41) is 16.1. The standard InChI is InChI=1S/C15H19N3O4/c1-7(2)5-11(15(20)21)17-13(19)10-6-8(3)16-14-12(10)9(4)18-22-14/h6-7,11H,5H2,1-4H3,(H,17,19)(H,20,21)/t11-/m0/s1. The van der Waals surface area contributed by atoms with Crippen molar-refractivity contribution in [3.8, 4) is 0 Å². The van der Waals surface area contributed by atoms with Crippen molar-refractivity contribution in [3.05, 3.63) is 23.0 Å². The number of aromatic nitrogens is 2. The maximum absolute atomic E-state index is 12.5. The summed E-state index contributed by atoms with van der Waals surface area (Å²) in [5.74, 6) is -1.36. The number of aliphatic carboxylic acids is 1. The fourth-order valence-corrected chi connectivity index (χ4v) is 2.33. The van der Waals surface area contributed by atoms with E-state index >= 15 is 0 Å². The van der Waals surface area contributed by atoms with Crippen LogP contribution >= 0.6 is 0 Å². The maximum atomic E-state index is 12.5. The summed E-state index contributed by atoms with van der Waals surface area (Å²) in [7, 11) is 0. The average molecular weight is 305 g/mol. The molecule has 7 nitrogen and oxygen atoms in total. The molecule has 0 saturated heterocycles. The van der Waals surface area contributed by atoms with Gasteiger partial charge >= 0.3 is 5.97 Å². The SMILES string of the molecule is Cc1cc(C(=O)N[C@@H](CC(C)C)C(=O)O)c2c(C)noc2n1. The quantitative estimate of drug-likeness (QED) is 0.876. The van der Waals surface area contributed by atoms with Gasteiger partial charge in [0.05, 0.1) is 16.6 Å². The van der Waals surface area contributed by atoms with Gasteiger partial charge in [-0.2, -0.15) is 0 Å². The van der Waals surface area contributed by atoms with E-state index in [0.717, 1.165) is 0 Å². The predicted octanol–water partition coefficient (Wildman–Crippen LogP) is 2.07. The molecule has 0 aliphatic rings. The summed E-state index contributed by atoms with van der Waals surface area (Å²) in [5.41, 5.74) is 1.75. The number of carbonyl (C=O) groups excluding carboxylic acids is 1. The zero-order chi connectivity index (χ0) is 16.4. The Labute approximate surface area is 127 Å². The molecule has 2 aromatic rings. The van der Waals surface area contributed by atoms with Crippen LogP contribution in [0.2, 0.25) is 0 Å². The number of rotatable bonds is 5. The lowest BCUT2D eigenvalue weighted by molar-refractivity contribution is -0.139. The van der Waals surface area contributed by atoms with Crippen LogP contribution in [0.1, 0.15) is 42.0 Å². The molecule has 7 heteroatoms. The fourth-order valence-electron chi connectivity index (χ4n) is 2.33. The molecular weight excluding hydrogens is 286 g/mol. The highest BCUT2D eigenvalue weighted by molar-refractivity contribution is 6.07. The average Bonchev–Trinajstić information content (AvgIpc) is 2.77. The summed E-state index contributed by atoms with van der Waals surface area (Å²) in [6.07, 6.45) is 0.358. The van der Waals surface area contributed by atoms with Crippen molar-refractivity contribution in [1.29, 1.82) is 0 Å². The third-order valence-corrected chi connectivity index (χ3v) is 3.30. The Hall–Kier alpha value is -2.44. The van der Waals surface area contributed by atoms with Crippen molar-refractivity contribution in [1.82, 2.24) is 15.5 Å². The molecule has 0 radical (unpaired) electrons.